The van der Waals surface area contributed by atoms with E-state index in [9.17, 15) is 8.42 Å². The van der Waals surface area contributed by atoms with Crippen LogP contribution in [0.2, 0.25) is 0 Å². The van der Waals surface area contributed by atoms with Crippen LogP contribution in [-0.4, -0.2) is 38.4 Å². The third-order valence-corrected chi connectivity index (χ3v) is 5.10. The zero-order chi connectivity index (χ0) is 11.6. The van der Waals surface area contributed by atoms with Crippen molar-refractivity contribution in [2.75, 3.05) is 18.1 Å². The van der Waals surface area contributed by atoms with Gasteiger partial charge in [0.1, 0.15) is 0 Å². The molecule has 0 bridgehead atoms. The van der Waals surface area contributed by atoms with E-state index in [1.54, 1.807) is 6.92 Å². The van der Waals surface area contributed by atoms with E-state index in [-0.39, 0.29) is 17.8 Å². The number of ether oxygens (including phenoxy) is 2. The van der Waals surface area contributed by atoms with Gasteiger partial charge in [-0.2, -0.15) is 0 Å². The quantitative estimate of drug-likeness (QED) is 0.740. The van der Waals surface area contributed by atoms with Gasteiger partial charge in [-0.15, -0.1) is 0 Å². The van der Waals surface area contributed by atoms with E-state index in [4.69, 9.17) is 9.47 Å². The normalized spacial score (nSPS) is 28.9. The second-order valence-electron chi connectivity index (χ2n) is 4.77. The van der Waals surface area contributed by atoms with Crippen molar-refractivity contribution in [2.45, 2.75) is 50.9 Å². The zero-order valence-electron chi connectivity index (χ0n) is 9.78. The summed E-state index contributed by atoms with van der Waals surface area (Å²) in [7, 11) is -2.95. The average molecular weight is 248 g/mol. The molecule has 1 atom stereocenters. The number of hydrogen-bond donors (Lipinski definition) is 0. The molecule has 0 aromatic rings. The fourth-order valence-corrected chi connectivity index (χ4v) is 3.38. The zero-order valence-corrected chi connectivity index (χ0v) is 10.6. The third kappa shape index (κ3) is 3.18. The van der Waals surface area contributed by atoms with Crippen molar-refractivity contribution in [3.63, 3.8) is 0 Å². The summed E-state index contributed by atoms with van der Waals surface area (Å²) in [5.74, 6) is 0.361. The van der Waals surface area contributed by atoms with Crippen molar-refractivity contribution in [3.05, 3.63) is 0 Å². The van der Waals surface area contributed by atoms with E-state index in [0.717, 1.165) is 38.7 Å². The predicted molar refractivity (Wildman–Crippen MR) is 61.0 cm³/mol. The van der Waals surface area contributed by atoms with Crippen LogP contribution in [0.25, 0.3) is 0 Å². The maximum Gasteiger partial charge on any atom is 0.158 e. The second kappa shape index (κ2) is 4.63. The first-order valence-corrected chi connectivity index (χ1v) is 7.87. The highest BCUT2D eigenvalue weighted by Crippen LogP contribution is 2.42. The number of rotatable bonds is 5. The van der Waals surface area contributed by atoms with E-state index in [2.05, 4.69) is 0 Å². The van der Waals surface area contributed by atoms with Gasteiger partial charge in [-0.3, -0.25) is 0 Å². The van der Waals surface area contributed by atoms with Crippen LogP contribution in [0.15, 0.2) is 0 Å². The van der Waals surface area contributed by atoms with E-state index >= 15 is 0 Å². The van der Waals surface area contributed by atoms with E-state index in [1.807, 2.05) is 0 Å². The summed E-state index contributed by atoms with van der Waals surface area (Å²) < 4.78 is 34.5. The molecule has 1 saturated carbocycles. The summed E-state index contributed by atoms with van der Waals surface area (Å²) >= 11 is 0. The Hall–Kier alpha value is -0.130. The lowest BCUT2D eigenvalue weighted by Gasteiger charge is -2.27. The van der Waals surface area contributed by atoms with Gasteiger partial charge in [0.25, 0.3) is 0 Å². The van der Waals surface area contributed by atoms with Gasteiger partial charge in [0, 0.05) is 12.4 Å². The molecule has 4 nitrogen and oxygen atoms in total. The summed E-state index contributed by atoms with van der Waals surface area (Å²) in [6.45, 7) is 2.42. The van der Waals surface area contributed by atoms with E-state index in [1.165, 1.54) is 0 Å². The van der Waals surface area contributed by atoms with Gasteiger partial charge >= 0.3 is 0 Å². The van der Waals surface area contributed by atoms with Crippen LogP contribution in [0.4, 0.5) is 0 Å². The third-order valence-electron chi connectivity index (χ3n) is 3.25. The molecular weight excluding hydrogens is 228 g/mol. The molecule has 0 amide bonds. The van der Waals surface area contributed by atoms with Crippen molar-refractivity contribution in [1.29, 1.82) is 0 Å². The van der Waals surface area contributed by atoms with Crippen LogP contribution >= 0.6 is 0 Å². The van der Waals surface area contributed by atoms with Gasteiger partial charge in [-0.1, -0.05) is 6.92 Å². The Balaban J connectivity index is 1.88. The summed E-state index contributed by atoms with van der Waals surface area (Å²) in [5.41, 5.74) is -0.420. The molecule has 0 radical (unpaired) electrons. The molecule has 1 unspecified atom stereocenters. The van der Waals surface area contributed by atoms with E-state index in [0.29, 0.717) is 0 Å². The first-order chi connectivity index (χ1) is 7.55. The lowest BCUT2D eigenvalue weighted by atomic mass is 10.2. The minimum Gasteiger partial charge on any atom is -0.353 e. The summed E-state index contributed by atoms with van der Waals surface area (Å²) in [5, 5.41) is 0. The maximum absolute atomic E-state index is 11.6. The lowest BCUT2D eigenvalue weighted by molar-refractivity contribution is -0.191. The first-order valence-electron chi connectivity index (χ1n) is 6.05. The smallest absolute Gasteiger partial charge is 0.158 e. The van der Waals surface area contributed by atoms with Crippen LogP contribution in [0.1, 0.15) is 39.0 Å². The Labute approximate surface area is 97.2 Å². The Morgan fingerprint density at radius 3 is 2.62 bits per heavy atom. The fraction of sp³-hybridized carbons (Fsp3) is 1.00. The van der Waals surface area contributed by atoms with Crippen molar-refractivity contribution >= 4 is 9.84 Å². The van der Waals surface area contributed by atoms with Crippen LogP contribution < -0.4 is 0 Å². The SMILES string of the molecule is CCS(=O)(=O)CC1(OC2CCCCO2)CC1. The molecule has 2 fully saturated rings. The molecule has 2 rings (SSSR count). The van der Waals surface area contributed by atoms with Crippen LogP contribution in [0.3, 0.4) is 0 Å². The molecule has 0 N–H and O–H groups in total. The van der Waals surface area contributed by atoms with Crippen molar-refractivity contribution in [1.82, 2.24) is 0 Å². The van der Waals surface area contributed by atoms with Crippen molar-refractivity contribution in [2.24, 2.45) is 0 Å². The highest BCUT2D eigenvalue weighted by molar-refractivity contribution is 7.91. The lowest BCUT2D eigenvalue weighted by Crippen LogP contribution is -2.34. The molecule has 0 spiro atoms. The molecule has 0 aromatic carbocycles. The molecular formula is C11H20O4S. The number of hydrogen-bond acceptors (Lipinski definition) is 4. The van der Waals surface area contributed by atoms with Gasteiger partial charge in [0.2, 0.25) is 0 Å². The minimum absolute atomic E-state index is 0.163. The highest BCUT2D eigenvalue weighted by Gasteiger charge is 2.49. The molecule has 1 saturated heterocycles. The first kappa shape index (κ1) is 12.3. The van der Waals surface area contributed by atoms with Gasteiger partial charge in [0.15, 0.2) is 16.1 Å². The van der Waals surface area contributed by atoms with Crippen LogP contribution in [0, 0.1) is 0 Å². The van der Waals surface area contributed by atoms with Gasteiger partial charge in [0.05, 0.1) is 11.4 Å². The molecule has 1 heterocycles. The molecule has 16 heavy (non-hydrogen) atoms. The highest BCUT2D eigenvalue weighted by atomic mass is 32.2. The minimum atomic E-state index is -2.95. The largest absolute Gasteiger partial charge is 0.353 e. The molecule has 0 aromatic heterocycles. The van der Waals surface area contributed by atoms with Crippen molar-refractivity contribution in [3.8, 4) is 0 Å². The molecule has 5 heteroatoms. The maximum atomic E-state index is 11.6. The second-order valence-corrected chi connectivity index (χ2v) is 7.13. The molecule has 2 aliphatic rings. The molecule has 1 aliphatic heterocycles. The Morgan fingerprint density at radius 1 is 1.38 bits per heavy atom. The van der Waals surface area contributed by atoms with E-state index < -0.39 is 15.4 Å². The Morgan fingerprint density at radius 2 is 2.12 bits per heavy atom. The molecule has 1 aliphatic carbocycles. The van der Waals surface area contributed by atoms with Gasteiger partial charge < -0.3 is 9.47 Å². The van der Waals surface area contributed by atoms with Crippen molar-refractivity contribution < 1.29 is 17.9 Å². The summed E-state index contributed by atoms with van der Waals surface area (Å²) in [6, 6.07) is 0. The average Bonchev–Trinajstić information content (AvgIpc) is 2.98. The Kier molecular flexibility index (Phi) is 3.56. The summed E-state index contributed by atoms with van der Waals surface area (Å²) in [6.07, 6.45) is 4.62. The predicted octanol–water partition coefficient (Wildman–Crippen LogP) is 1.50. The Bertz CT molecular complexity index is 326. The molecule has 94 valence electrons. The topological polar surface area (TPSA) is 52.6 Å². The van der Waals surface area contributed by atoms with Gasteiger partial charge in [-0.25, -0.2) is 8.42 Å². The number of sulfone groups is 1. The van der Waals surface area contributed by atoms with Crippen LogP contribution in [-0.2, 0) is 19.3 Å². The van der Waals surface area contributed by atoms with Gasteiger partial charge in [-0.05, 0) is 32.1 Å². The monoisotopic (exact) mass is 248 g/mol. The summed E-state index contributed by atoms with van der Waals surface area (Å²) in [4.78, 5) is 0. The standard InChI is InChI=1S/C11H20O4S/c1-2-16(12,13)9-11(6-7-11)15-10-5-3-4-8-14-10/h10H,2-9H2,1H3. The fourth-order valence-electron chi connectivity index (χ4n) is 2.02. The van der Waals surface area contributed by atoms with Crippen LogP contribution in [0.5, 0.6) is 0 Å².